The second-order valence-electron chi connectivity index (χ2n) is 2.84. The molecule has 14 heavy (non-hydrogen) atoms. The van der Waals surface area contributed by atoms with Crippen molar-refractivity contribution < 1.29 is 19.4 Å². The summed E-state index contributed by atoms with van der Waals surface area (Å²) in [4.78, 5) is 10.9. The number of nitrogens with zero attached hydrogens (tertiary/aromatic N) is 2. The van der Waals surface area contributed by atoms with Crippen LogP contribution in [0.25, 0.3) is 11.0 Å². The first-order valence-corrected chi connectivity index (χ1v) is 3.83. The van der Waals surface area contributed by atoms with Gasteiger partial charge in [0.05, 0.1) is 5.56 Å². The van der Waals surface area contributed by atoms with Gasteiger partial charge < -0.3 is 10.3 Å². The van der Waals surface area contributed by atoms with Crippen molar-refractivity contribution in [1.29, 1.82) is 0 Å². The van der Waals surface area contributed by atoms with E-state index in [0.717, 1.165) is 0 Å². The van der Waals surface area contributed by atoms with Gasteiger partial charge in [-0.1, -0.05) is 0 Å². The van der Waals surface area contributed by atoms with Crippen LogP contribution in [0, 0.1) is 12.1 Å². The predicted octanol–water partition coefficient (Wildman–Crippen LogP) is 0.468. The summed E-state index contributed by atoms with van der Waals surface area (Å²) in [5.74, 6) is -1.08. The van der Waals surface area contributed by atoms with E-state index in [1.165, 1.54) is 19.1 Å². The molecule has 72 valence electrons. The number of hydrogen-bond acceptors (Lipinski definition) is 4. The molecule has 0 aliphatic rings. The maximum atomic E-state index is 11.1. The van der Waals surface area contributed by atoms with Crippen molar-refractivity contribution in [3.8, 4) is 0 Å². The Morgan fingerprint density at radius 3 is 3.00 bits per heavy atom. The number of aryl methyl sites for hydroxylation is 1. The quantitative estimate of drug-likeness (QED) is 0.666. The first-order chi connectivity index (χ1) is 6.61. The van der Waals surface area contributed by atoms with Crippen LogP contribution >= 0.6 is 0 Å². The van der Waals surface area contributed by atoms with Crippen LogP contribution in [0.15, 0.2) is 16.8 Å². The molecule has 0 radical (unpaired) electrons. The molecule has 0 amide bonds. The van der Waals surface area contributed by atoms with Crippen LogP contribution in [-0.4, -0.2) is 16.2 Å². The van der Waals surface area contributed by atoms with Gasteiger partial charge in [-0.05, 0) is 24.0 Å². The standard InChI is InChI=1S/C8H6N2O4/c1-4-5(8(11)12)2-3-6-7(4)10(13)14-9-6/h2-3H,1H3,(H,11,12). The van der Waals surface area contributed by atoms with Gasteiger partial charge in [-0.3, -0.25) is 4.63 Å². The minimum absolute atomic E-state index is 0.0744. The van der Waals surface area contributed by atoms with Crippen molar-refractivity contribution in [2.75, 3.05) is 0 Å². The second kappa shape index (κ2) is 2.69. The molecule has 0 saturated carbocycles. The lowest BCUT2D eigenvalue weighted by atomic mass is 10.1. The summed E-state index contributed by atoms with van der Waals surface area (Å²) in [5.41, 5.74) is 0.934. The van der Waals surface area contributed by atoms with Gasteiger partial charge in [-0.25, -0.2) is 4.79 Å². The van der Waals surface area contributed by atoms with Crippen molar-refractivity contribution in [3.05, 3.63) is 28.5 Å². The number of hydrogen-bond donors (Lipinski definition) is 1. The highest BCUT2D eigenvalue weighted by Crippen LogP contribution is 2.17. The monoisotopic (exact) mass is 194 g/mol. The minimum atomic E-state index is -1.08. The third-order valence-electron chi connectivity index (χ3n) is 2.04. The van der Waals surface area contributed by atoms with Crippen LogP contribution in [0.5, 0.6) is 0 Å². The van der Waals surface area contributed by atoms with Gasteiger partial charge in [0.1, 0.15) is 0 Å². The Kier molecular flexibility index (Phi) is 1.63. The number of aromatic carboxylic acids is 1. The van der Waals surface area contributed by atoms with Crippen molar-refractivity contribution in [1.82, 2.24) is 5.16 Å². The Hall–Kier alpha value is -2.11. The van der Waals surface area contributed by atoms with E-state index in [4.69, 9.17) is 5.11 Å². The van der Waals surface area contributed by atoms with E-state index < -0.39 is 5.97 Å². The van der Waals surface area contributed by atoms with E-state index >= 15 is 0 Å². The second-order valence-corrected chi connectivity index (χ2v) is 2.84. The SMILES string of the molecule is Cc1c(C(=O)O)ccc2no[n+]([O-])c12. The molecule has 0 aliphatic carbocycles. The van der Waals surface area contributed by atoms with Gasteiger partial charge in [0.25, 0.3) is 0 Å². The number of carboxylic acids is 1. The zero-order valence-corrected chi connectivity index (χ0v) is 7.22. The van der Waals surface area contributed by atoms with E-state index in [2.05, 4.69) is 9.79 Å². The smallest absolute Gasteiger partial charge is 0.336 e. The van der Waals surface area contributed by atoms with E-state index in [1.54, 1.807) is 0 Å². The third-order valence-corrected chi connectivity index (χ3v) is 2.04. The molecular weight excluding hydrogens is 188 g/mol. The summed E-state index contributed by atoms with van der Waals surface area (Å²) in [7, 11) is 0. The van der Waals surface area contributed by atoms with Gasteiger partial charge in [0, 0.05) is 10.7 Å². The number of fused-ring (bicyclic) bond motifs is 1. The first-order valence-electron chi connectivity index (χ1n) is 3.83. The summed E-state index contributed by atoms with van der Waals surface area (Å²) < 4.78 is 4.35. The van der Waals surface area contributed by atoms with E-state index in [9.17, 15) is 10.0 Å². The number of rotatable bonds is 1. The normalized spacial score (nSPS) is 10.6. The summed E-state index contributed by atoms with van der Waals surface area (Å²) in [6.45, 7) is 1.54. The molecule has 1 N–H and O–H groups in total. The summed E-state index contributed by atoms with van der Waals surface area (Å²) >= 11 is 0. The zero-order valence-electron chi connectivity index (χ0n) is 7.22. The van der Waals surface area contributed by atoms with Crippen LogP contribution in [-0.2, 0) is 0 Å². The molecule has 0 aliphatic heterocycles. The molecule has 2 rings (SSSR count). The number of carboxylic acid groups (broad SMARTS) is 1. The number of carbonyl (C=O) groups is 1. The molecule has 1 heterocycles. The fourth-order valence-corrected chi connectivity index (χ4v) is 1.34. The average molecular weight is 194 g/mol. The molecule has 6 nitrogen and oxygen atoms in total. The third kappa shape index (κ3) is 1.00. The van der Waals surface area contributed by atoms with Gasteiger partial charge >= 0.3 is 5.97 Å². The highest BCUT2D eigenvalue weighted by molar-refractivity contribution is 5.94. The van der Waals surface area contributed by atoms with E-state index in [1.807, 2.05) is 0 Å². The van der Waals surface area contributed by atoms with Crippen LogP contribution in [0.4, 0.5) is 0 Å². The van der Waals surface area contributed by atoms with Crippen LogP contribution in [0.1, 0.15) is 15.9 Å². The largest absolute Gasteiger partial charge is 0.478 e. The molecule has 0 fully saturated rings. The Labute approximate surface area is 77.9 Å². The van der Waals surface area contributed by atoms with Crippen molar-refractivity contribution in [3.63, 3.8) is 0 Å². The molecule has 6 heteroatoms. The van der Waals surface area contributed by atoms with Crippen LogP contribution < -0.4 is 4.90 Å². The zero-order chi connectivity index (χ0) is 10.3. The van der Waals surface area contributed by atoms with Crippen molar-refractivity contribution in [2.45, 2.75) is 6.92 Å². The Balaban J connectivity index is 2.86. The van der Waals surface area contributed by atoms with Crippen molar-refractivity contribution >= 4 is 17.0 Å². The highest BCUT2D eigenvalue weighted by Gasteiger charge is 2.18. The molecule has 0 atom stereocenters. The van der Waals surface area contributed by atoms with E-state index in [-0.39, 0.29) is 16.0 Å². The Morgan fingerprint density at radius 1 is 1.64 bits per heavy atom. The molecule has 2 aromatic rings. The fraction of sp³-hybridized carbons (Fsp3) is 0.125. The molecule has 0 bridgehead atoms. The molecular formula is C8H6N2O4. The van der Waals surface area contributed by atoms with Crippen LogP contribution in [0.3, 0.4) is 0 Å². The van der Waals surface area contributed by atoms with Gasteiger partial charge in [-0.15, -0.1) is 0 Å². The Morgan fingerprint density at radius 2 is 2.36 bits per heavy atom. The average Bonchev–Trinajstić information content (AvgIpc) is 2.48. The van der Waals surface area contributed by atoms with Crippen molar-refractivity contribution in [2.24, 2.45) is 0 Å². The van der Waals surface area contributed by atoms with Gasteiger partial charge in [0.15, 0.2) is 0 Å². The number of benzene rings is 1. The Bertz CT molecular complexity index is 517. The maximum Gasteiger partial charge on any atom is 0.336 e. The lowest BCUT2D eigenvalue weighted by Gasteiger charge is -1.98. The van der Waals surface area contributed by atoms with E-state index in [0.29, 0.717) is 11.1 Å². The molecule has 0 saturated heterocycles. The highest BCUT2D eigenvalue weighted by atomic mass is 16.8. The fourth-order valence-electron chi connectivity index (χ4n) is 1.34. The summed E-state index contributed by atoms with van der Waals surface area (Å²) in [5, 5.41) is 23.3. The summed E-state index contributed by atoms with van der Waals surface area (Å²) in [6, 6.07) is 2.83. The molecule has 1 aromatic carbocycles. The molecule has 0 unspecified atom stereocenters. The lowest BCUT2D eigenvalue weighted by Crippen LogP contribution is -2.24. The summed E-state index contributed by atoms with van der Waals surface area (Å²) in [6.07, 6.45) is 0. The van der Waals surface area contributed by atoms with Gasteiger partial charge in [0.2, 0.25) is 11.0 Å². The number of aromatic nitrogens is 2. The lowest BCUT2D eigenvalue weighted by molar-refractivity contribution is -0.782. The predicted molar refractivity (Wildman–Crippen MR) is 44.7 cm³/mol. The van der Waals surface area contributed by atoms with Crippen LogP contribution in [0.2, 0.25) is 0 Å². The molecule has 0 spiro atoms. The van der Waals surface area contributed by atoms with Gasteiger partial charge in [-0.2, -0.15) is 0 Å². The minimum Gasteiger partial charge on any atom is -0.478 e. The maximum absolute atomic E-state index is 11.1. The first kappa shape index (κ1) is 8.49. The molecule has 1 aromatic heterocycles. The topological polar surface area (TPSA) is 90.3 Å².